The second kappa shape index (κ2) is 22.4. The van der Waals surface area contributed by atoms with E-state index < -0.39 is 0 Å². The fourth-order valence-corrected chi connectivity index (χ4v) is 8.27. The van der Waals surface area contributed by atoms with E-state index in [0.717, 1.165) is 88.4 Å². The van der Waals surface area contributed by atoms with Gasteiger partial charge in [0.25, 0.3) is 0 Å². The van der Waals surface area contributed by atoms with Crippen molar-refractivity contribution >= 4 is 11.4 Å². The lowest BCUT2D eigenvalue weighted by atomic mass is 9.86. The smallest absolute Gasteiger partial charge is 0.211 e. The van der Waals surface area contributed by atoms with Gasteiger partial charge in [-0.05, 0) is 135 Å². The highest BCUT2D eigenvalue weighted by atomic mass is 15.2. The third kappa shape index (κ3) is 11.0. The standard InChI is InChI=1S/C47H74N2/c1-9-17-21-29-42-36(24-13-5)32-40(33-37(42)25-14-6)46-44(28-20-12-4)45(31-23-19-11-3)47(49(46)48)41-34-38(26-15-7)43(30-22-18-10-2)39(35-41)27-16-8/h32-35H,9-31H2,1-8H3. The van der Waals surface area contributed by atoms with E-state index >= 15 is 0 Å². The maximum Gasteiger partial charge on any atom is 0.211 e. The van der Waals surface area contributed by atoms with E-state index in [1.165, 1.54) is 115 Å². The summed E-state index contributed by atoms with van der Waals surface area (Å²) < 4.78 is 1.68. The van der Waals surface area contributed by atoms with Gasteiger partial charge in [-0.25, -0.2) is 4.70 Å². The first kappa shape index (κ1) is 40.9. The fraction of sp³-hybridized carbons (Fsp3) is 0.660. The molecule has 0 unspecified atom stereocenters. The summed E-state index contributed by atoms with van der Waals surface area (Å²) in [5, 5.41) is 0. The number of allylic oxidation sites excluding steroid dienone is 2. The second-order valence-electron chi connectivity index (χ2n) is 15.0. The second-order valence-corrected chi connectivity index (χ2v) is 15.0. The molecule has 0 radical (unpaired) electrons. The summed E-state index contributed by atoms with van der Waals surface area (Å²) in [6.07, 6.45) is 27.0. The Labute approximate surface area is 303 Å². The van der Waals surface area contributed by atoms with Crippen molar-refractivity contribution in [3.8, 4) is 0 Å². The summed E-state index contributed by atoms with van der Waals surface area (Å²) in [5.74, 6) is 0. The Morgan fingerprint density at radius 3 is 0.980 bits per heavy atom. The van der Waals surface area contributed by atoms with Gasteiger partial charge in [0.2, 0.25) is 11.4 Å². The van der Waals surface area contributed by atoms with E-state index in [9.17, 15) is 5.53 Å². The maximum atomic E-state index is 12.6. The number of aryl methyl sites for hydroxylation is 4. The zero-order valence-corrected chi connectivity index (χ0v) is 33.5. The van der Waals surface area contributed by atoms with Gasteiger partial charge in [-0.3, -0.25) is 0 Å². The molecule has 272 valence electrons. The predicted molar refractivity (Wildman–Crippen MR) is 216 cm³/mol. The van der Waals surface area contributed by atoms with E-state index in [0.29, 0.717) is 0 Å². The van der Waals surface area contributed by atoms with Gasteiger partial charge in [0.05, 0.1) is 0 Å². The third-order valence-electron chi connectivity index (χ3n) is 10.7. The lowest BCUT2D eigenvalue weighted by Gasteiger charge is -2.19. The van der Waals surface area contributed by atoms with Crippen LogP contribution in [0.25, 0.3) is 16.9 Å². The van der Waals surface area contributed by atoms with Gasteiger partial charge in [-0.2, -0.15) is 0 Å². The molecule has 0 spiro atoms. The molecule has 0 bridgehead atoms. The number of hydrogen-bond donors (Lipinski definition) is 0. The van der Waals surface area contributed by atoms with Crippen molar-refractivity contribution in [1.29, 1.82) is 0 Å². The topological polar surface area (TPSA) is 25.3 Å². The lowest BCUT2D eigenvalue weighted by Crippen LogP contribution is -2.09. The number of hydrogen-bond acceptors (Lipinski definition) is 0. The molecule has 2 heteroatoms. The molecule has 0 aromatic heterocycles. The van der Waals surface area contributed by atoms with Crippen LogP contribution in [0.4, 0.5) is 0 Å². The fourth-order valence-electron chi connectivity index (χ4n) is 8.27. The van der Waals surface area contributed by atoms with Gasteiger partial charge in [0.1, 0.15) is 0 Å². The zero-order valence-electron chi connectivity index (χ0n) is 33.5. The van der Waals surface area contributed by atoms with Crippen molar-refractivity contribution in [3.63, 3.8) is 0 Å². The molecular weight excluding hydrogens is 593 g/mol. The van der Waals surface area contributed by atoms with Crippen molar-refractivity contribution in [1.82, 2.24) is 0 Å². The average Bonchev–Trinajstić information content (AvgIpc) is 3.36. The van der Waals surface area contributed by atoms with Crippen molar-refractivity contribution in [2.75, 3.05) is 0 Å². The first-order chi connectivity index (χ1) is 23.9. The molecule has 2 nitrogen and oxygen atoms in total. The average molecular weight is 667 g/mol. The van der Waals surface area contributed by atoms with Gasteiger partial charge in [0.15, 0.2) is 0 Å². The summed E-state index contributed by atoms with van der Waals surface area (Å²) in [7, 11) is 0. The van der Waals surface area contributed by atoms with Crippen LogP contribution in [0.2, 0.25) is 0 Å². The molecular formula is C47H74N2. The summed E-state index contributed by atoms with van der Waals surface area (Å²) in [5.41, 5.74) is 29.3. The van der Waals surface area contributed by atoms with Crippen molar-refractivity contribution < 1.29 is 4.70 Å². The van der Waals surface area contributed by atoms with Crippen LogP contribution in [-0.4, -0.2) is 4.70 Å². The van der Waals surface area contributed by atoms with Gasteiger partial charge >= 0.3 is 0 Å². The van der Waals surface area contributed by atoms with Crippen molar-refractivity contribution in [3.05, 3.63) is 85.5 Å². The van der Waals surface area contributed by atoms with Gasteiger partial charge < -0.3 is 5.53 Å². The molecule has 0 N–H and O–H groups in total. The summed E-state index contributed by atoms with van der Waals surface area (Å²) >= 11 is 0. The number of benzene rings is 2. The Hall–Kier alpha value is -2.48. The first-order valence-electron chi connectivity index (χ1n) is 21.2. The molecule has 0 aliphatic carbocycles. The molecule has 0 saturated heterocycles. The predicted octanol–water partition coefficient (Wildman–Crippen LogP) is 14.9. The Morgan fingerprint density at radius 1 is 0.367 bits per heavy atom. The summed E-state index contributed by atoms with van der Waals surface area (Å²) in [6.45, 7) is 18.5. The van der Waals surface area contributed by atoms with E-state index in [1.54, 1.807) is 15.8 Å². The largest absolute Gasteiger partial charge is 0.493 e. The van der Waals surface area contributed by atoms with Gasteiger partial charge in [-0.15, -0.1) is 0 Å². The summed E-state index contributed by atoms with van der Waals surface area (Å²) in [4.78, 5) is 0. The van der Waals surface area contributed by atoms with Crippen LogP contribution in [0.5, 0.6) is 0 Å². The van der Waals surface area contributed by atoms with Crippen LogP contribution in [0.1, 0.15) is 209 Å². The van der Waals surface area contributed by atoms with Crippen LogP contribution in [0.3, 0.4) is 0 Å². The minimum atomic E-state index is 1.02. The molecule has 49 heavy (non-hydrogen) atoms. The highest BCUT2D eigenvalue weighted by Crippen LogP contribution is 2.46. The summed E-state index contributed by atoms with van der Waals surface area (Å²) in [6, 6.07) is 9.96. The monoisotopic (exact) mass is 667 g/mol. The Kier molecular flexibility index (Phi) is 18.7. The molecule has 0 atom stereocenters. The van der Waals surface area contributed by atoms with E-state index in [2.05, 4.69) is 79.7 Å². The molecule has 0 amide bonds. The van der Waals surface area contributed by atoms with Crippen molar-refractivity contribution in [2.45, 2.75) is 203 Å². The third-order valence-corrected chi connectivity index (χ3v) is 10.7. The number of unbranched alkanes of at least 4 members (excludes halogenated alkanes) is 7. The molecule has 1 aliphatic rings. The lowest BCUT2D eigenvalue weighted by molar-refractivity contribution is -0.345. The number of nitrogens with zero attached hydrogens (tertiary/aromatic N) is 2. The molecule has 3 rings (SSSR count). The SMILES string of the molecule is CCCCCC1=C(c2cc(CCC)c(CCCCC)c(CCC)c2)[N+](=[N-])C(c2cc(CCC)c(CCCCC)c(CCC)c2)=C1CCCC. The minimum Gasteiger partial charge on any atom is -0.493 e. The molecule has 2 aromatic rings. The van der Waals surface area contributed by atoms with Crippen molar-refractivity contribution in [2.24, 2.45) is 0 Å². The highest BCUT2D eigenvalue weighted by Gasteiger charge is 2.36. The van der Waals surface area contributed by atoms with Gasteiger partial charge in [0, 0.05) is 22.3 Å². The van der Waals surface area contributed by atoms with Crippen LogP contribution in [-0.2, 0) is 38.5 Å². The highest BCUT2D eigenvalue weighted by molar-refractivity contribution is 5.83. The quantitative estimate of drug-likeness (QED) is 0.0744. The zero-order chi connectivity index (χ0) is 35.6. The Bertz CT molecular complexity index is 1330. The van der Waals surface area contributed by atoms with Crippen LogP contribution < -0.4 is 0 Å². The van der Waals surface area contributed by atoms with Gasteiger partial charge in [-0.1, -0.05) is 126 Å². The Morgan fingerprint density at radius 2 is 0.673 bits per heavy atom. The van der Waals surface area contributed by atoms with E-state index in [1.807, 2.05) is 0 Å². The molecule has 1 aliphatic heterocycles. The Balaban J connectivity index is 2.31. The minimum absolute atomic E-state index is 1.02. The molecule has 0 fully saturated rings. The molecule has 0 saturated carbocycles. The van der Waals surface area contributed by atoms with Crippen LogP contribution in [0, 0.1) is 0 Å². The van der Waals surface area contributed by atoms with E-state index in [4.69, 9.17) is 0 Å². The van der Waals surface area contributed by atoms with Crippen LogP contribution >= 0.6 is 0 Å². The van der Waals surface area contributed by atoms with E-state index in [-0.39, 0.29) is 0 Å². The number of rotatable bonds is 25. The molecule has 1 heterocycles. The maximum absolute atomic E-state index is 12.6. The normalized spacial score (nSPS) is 13.4. The van der Waals surface area contributed by atoms with Crippen LogP contribution in [0.15, 0.2) is 35.4 Å². The molecule has 2 aromatic carbocycles. The first-order valence-corrected chi connectivity index (χ1v) is 21.2.